The Labute approximate surface area is 496 Å². The first kappa shape index (κ1) is 64.4. The smallest absolute Gasteiger partial charge is 0.254 e. The van der Waals surface area contributed by atoms with E-state index >= 15 is 0 Å². The lowest BCUT2D eigenvalue weighted by Crippen LogP contribution is -2.61. The molecule has 0 radical (unpaired) electrons. The van der Waals surface area contributed by atoms with Gasteiger partial charge in [0, 0.05) is 93.9 Å². The van der Waals surface area contributed by atoms with Crippen molar-refractivity contribution in [2.75, 3.05) is 66.8 Å². The Balaban J connectivity index is 0.905. The van der Waals surface area contributed by atoms with Gasteiger partial charge in [0.1, 0.15) is 72.0 Å². The molecule has 0 saturated carbocycles. The number of aliphatic hydroxyl groups excluding tert-OH is 4. The second kappa shape index (κ2) is 26.7. The number of hydrogen-bond acceptors (Lipinski definition) is 25. The van der Waals surface area contributed by atoms with Crippen LogP contribution in [-0.2, 0) is 73.1 Å². The van der Waals surface area contributed by atoms with Gasteiger partial charge in [-0.05, 0) is 18.9 Å². The lowest BCUT2D eigenvalue weighted by Gasteiger charge is -2.43. The quantitative estimate of drug-likeness (QED) is 0.0255. The molecule has 2 aromatic rings. The van der Waals surface area contributed by atoms with Crippen LogP contribution in [0.4, 0.5) is 0 Å². The molecule has 2 aromatic carbocycles. The number of benzene rings is 2. The number of carbonyl (C=O) groups is 9. The van der Waals surface area contributed by atoms with E-state index in [9.17, 15) is 78.9 Å². The van der Waals surface area contributed by atoms with Crippen LogP contribution in [0.2, 0.25) is 0 Å². The number of ketones is 2. The highest BCUT2D eigenvalue weighted by Gasteiger charge is 2.56. The van der Waals surface area contributed by atoms with Gasteiger partial charge in [0.25, 0.3) is 17.7 Å². The molecule has 4 fully saturated rings. The number of amides is 7. The van der Waals surface area contributed by atoms with Gasteiger partial charge in [0.2, 0.25) is 29.4 Å². The summed E-state index contributed by atoms with van der Waals surface area (Å²) in [5, 5.41) is 90.5. The van der Waals surface area contributed by atoms with E-state index in [4.69, 9.17) is 37.9 Å². The number of fused-ring (bicyclic) bond motifs is 6. The molecule has 474 valence electrons. The number of ether oxygens (including phenoxy) is 8. The van der Waals surface area contributed by atoms with E-state index in [1.165, 1.54) is 32.4 Å². The van der Waals surface area contributed by atoms with Crippen LogP contribution in [-0.4, -0.2) is 251 Å². The van der Waals surface area contributed by atoms with Crippen molar-refractivity contribution in [3.8, 4) is 17.2 Å². The third-order valence-corrected chi connectivity index (χ3v) is 16.4. The third-order valence-electron chi connectivity index (χ3n) is 16.4. The summed E-state index contributed by atoms with van der Waals surface area (Å²) >= 11 is 0. The number of aliphatic hydroxyl groups is 5. The zero-order chi connectivity index (χ0) is 62.9. The molecule has 9 rings (SSSR count). The Kier molecular flexibility index (Phi) is 19.8. The number of morpholine rings is 1. The predicted molar refractivity (Wildman–Crippen MR) is 290 cm³/mol. The third kappa shape index (κ3) is 12.9. The molecule has 31 heteroatoms. The zero-order valence-electron chi connectivity index (χ0n) is 48.0. The highest BCUT2D eigenvalue weighted by Crippen LogP contribution is 2.53. The van der Waals surface area contributed by atoms with Gasteiger partial charge >= 0.3 is 0 Å². The minimum Gasteiger partial charge on any atom is -0.507 e. The van der Waals surface area contributed by atoms with E-state index in [2.05, 4.69) is 31.5 Å². The number of aromatic hydroxyl groups is 2. The summed E-state index contributed by atoms with van der Waals surface area (Å²) < 4.78 is 47.0. The van der Waals surface area contributed by atoms with Crippen LogP contribution < -0.4 is 31.3 Å². The van der Waals surface area contributed by atoms with Crippen LogP contribution in [0.15, 0.2) is 30.4 Å². The largest absolute Gasteiger partial charge is 0.507 e. The SMILES string of the molecule is COc1cccc2c1C(=O)c1c(O)c3c(c(O)c1C2=O)C[C@@](O)(C(=O)NCCNC(=O)[C@H](CO[C@@H]1O[C@H](CO)[C@@H](O)[C@H](O)[C@H]1O)NC(=O)[C@@H](NC(=O)CCNC(=O)CN1C(=O)C=CC1=O)C(C)C)C[C@@H]3O[C@@H]1C[C@H]2[C@H](O[C@@H]3[C@@H](OC)OCCN32)[C@H](C)O1. The monoisotopic (exact) mass is 1230 g/mol. The fourth-order valence-corrected chi connectivity index (χ4v) is 11.9. The van der Waals surface area contributed by atoms with Gasteiger partial charge in [-0.15, -0.1) is 0 Å². The summed E-state index contributed by atoms with van der Waals surface area (Å²) in [4.78, 5) is 123. The van der Waals surface area contributed by atoms with E-state index in [0.29, 0.717) is 18.1 Å². The van der Waals surface area contributed by atoms with Gasteiger partial charge in [0.05, 0.1) is 55.8 Å². The number of imide groups is 1. The fraction of sp³-hybridized carbons (Fsp3) is 0.589. The molecule has 7 amide bonds. The molecule has 0 spiro atoms. The molecule has 12 N–H and O–H groups in total. The van der Waals surface area contributed by atoms with Gasteiger partial charge in [0.15, 0.2) is 30.9 Å². The van der Waals surface area contributed by atoms with Gasteiger partial charge in [-0.25, -0.2) is 0 Å². The highest BCUT2D eigenvalue weighted by atomic mass is 16.7. The second-order valence-electron chi connectivity index (χ2n) is 22.3. The number of phenolic OH excluding ortho intramolecular Hbond substituents is 2. The van der Waals surface area contributed by atoms with Gasteiger partial charge in [-0.3, -0.25) is 53.0 Å². The minimum absolute atomic E-state index is 0.0215. The summed E-state index contributed by atoms with van der Waals surface area (Å²) in [6.45, 7) is 2.30. The fourth-order valence-electron chi connectivity index (χ4n) is 11.9. The van der Waals surface area contributed by atoms with E-state index in [1.807, 2.05) is 0 Å². The van der Waals surface area contributed by atoms with Crippen molar-refractivity contribution in [2.24, 2.45) is 5.92 Å². The van der Waals surface area contributed by atoms with E-state index in [0.717, 1.165) is 12.2 Å². The summed E-state index contributed by atoms with van der Waals surface area (Å²) in [6, 6.07) is 0.872. The normalized spacial score (nSPS) is 29.9. The Morgan fingerprint density at radius 3 is 2.22 bits per heavy atom. The molecule has 0 aromatic heterocycles. The van der Waals surface area contributed by atoms with E-state index in [-0.39, 0.29) is 53.4 Å². The van der Waals surface area contributed by atoms with Crippen LogP contribution in [0.3, 0.4) is 0 Å². The Morgan fingerprint density at radius 2 is 1.53 bits per heavy atom. The van der Waals surface area contributed by atoms with Crippen molar-refractivity contribution < 1.29 is 117 Å². The van der Waals surface area contributed by atoms with E-state index in [1.54, 1.807) is 20.8 Å². The average Bonchev–Trinajstić information content (AvgIpc) is 1.29. The molecule has 31 nitrogen and oxygen atoms in total. The number of nitrogens with zero attached hydrogens (tertiary/aromatic N) is 2. The van der Waals surface area contributed by atoms with Crippen LogP contribution in [0, 0.1) is 5.92 Å². The van der Waals surface area contributed by atoms with Crippen molar-refractivity contribution in [1.82, 2.24) is 36.4 Å². The van der Waals surface area contributed by atoms with Crippen molar-refractivity contribution >= 4 is 52.9 Å². The maximum atomic E-state index is 14.4. The molecule has 7 aliphatic rings. The first-order valence-electron chi connectivity index (χ1n) is 28.3. The number of phenols is 2. The standard InChI is InChI=1S/C56H71N7O24/c1-23(2)41(61-32(65)11-12-57-33(66)20-63-34(67)9-10-35(63)68)51(77)60-27(22-83-53-48(75)47(74)44(71)31(21-64)86-53)50(76)58-13-14-59-55(78)56(79)18-26-38(46(73)40-39(43(26)70)42(69)25-7-6-8-29(80-4)37(25)45(40)72)30(19-56)85-36-17-28-49(24(3)84-36)87-52-54(81-5)82-16-15-62(28)52/h6-10,23-24,27-28,30-31,36,41,44,47-49,52-54,64,70-71,73-75,79H,11-22H2,1-5H3,(H,57,66)(H,58,76)(H,59,78)(H,60,77)(H,61,65)/t24-,27-,28-,30-,31+,36+,41-,44+,47-,48+,49+,52+,53+,54-,56-/m0/s1. The van der Waals surface area contributed by atoms with E-state index < -0.39 is 213 Å². The van der Waals surface area contributed by atoms with Crippen LogP contribution >= 0.6 is 0 Å². The molecule has 0 unspecified atom stereocenters. The first-order valence-corrected chi connectivity index (χ1v) is 28.3. The molecule has 5 heterocycles. The van der Waals surface area contributed by atoms with Crippen LogP contribution in [0.25, 0.3) is 0 Å². The lowest BCUT2D eigenvalue weighted by atomic mass is 9.72. The van der Waals surface area contributed by atoms with Crippen LogP contribution in [0.1, 0.15) is 89.1 Å². The Hall–Kier alpha value is -7.11. The van der Waals surface area contributed by atoms with Crippen molar-refractivity contribution in [3.63, 3.8) is 0 Å². The maximum absolute atomic E-state index is 14.4. The number of methoxy groups -OCH3 is 2. The first-order chi connectivity index (χ1) is 41.4. The maximum Gasteiger partial charge on any atom is 0.254 e. The number of nitrogens with one attached hydrogen (secondary N) is 5. The summed E-state index contributed by atoms with van der Waals surface area (Å²) in [6.07, 6.45) is -13.4. The number of rotatable bonds is 22. The topological polar surface area (TPSA) is 436 Å². The summed E-state index contributed by atoms with van der Waals surface area (Å²) in [5.74, 6) is -9.80. The number of hydrogen-bond donors (Lipinski definition) is 12. The minimum atomic E-state index is -2.52. The molecule has 4 saturated heterocycles. The zero-order valence-corrected chi connectivity index (χ0v) is 48.0. The molecule has 0 bridgehead atoms. The predicted octanol–water partition coefficient (Wildman–Crippen LogP) is -4.74. The van der Waals surface area contributed by atoms with Crippen molar-refractivity contribution in [1.29, 1.82) is 0 Å². The molecule has 2 aliphatic carbocycles. The molecular formula is C56H71N7O24. The van der Waals surface area contributed by atoms with Crippen molar-refractivity contribution in [3.05, 3.63) is 63.7 Å². The molecule has 5 aliphatic heterocycles. The molecule has 87 heavy (non-hydrogen) atoms. The Bertz CT molecular complexity index is 3050. The molecular weight excluding hydrogens is 1150 g/mol. The second-order valence-corrected chi connectivity index (χ2v) is 22.3. The van der Waals surface area contributed by atoms with Crippen molar-refractivity contribution in [2.45, 2.75) is 138 Å². The molecule has 15 atom stereocenters. The average molecular weight is 1230 g/mol. The van der Waals surface area contributed by atoms with Gasteiger partial charge in [-0.2, -0.15) is 0 Å². The summed E-state index contributed by atoms with van der Waals surface area (Å²) in [5.41, 5.74) is -4.48. The summed E-state index contributed by atoms with van der Waals surface area (Å²) in [7, 11) is 2.78. The van der Waals surface area contributed by atoms with Crippen LogP contribution in [0.5, 0.6) is 17.2 Å². The Morgan fingerprint density at radius 1 is 0.816 bits per heavy atom. The highest BCUT2D eigenvalue weighted by molar-refractivity contribution is 6.31. The number of carbonyl (C=O) groups excluding carboxylic acids is 9. The van der Waals surface area contributed by atoms with Gasteiger partial charge in [-0.1, -0.05) is 26.0 Å². The lowest BCUT2D eigenvalue weighted by molar-refractivity contribution is -0.301. The van der Waals surface area contributed by atoms with Gasteiger partial charge < -0.3 is 100 Å².